The SMILES string of the molecule is CCOc1cc(C2C3=C(CCCC3=O)N(CC)C3=C2C(=O)CCC3)ccc1OCc1cccc(F)c1. The molecule has 0 aromatic heterocycles. The molecular weight excluding hydrogens is 457 g/mol. The van der Waals surface area contributed by atoms with E-state index in [0.717, 1.165) is 65.9 Å². The van der Waals surface area contributed by atoms with E-state index in [2.05, 4.69) is 11.8 Å². The molecule has 2 aromatic carbocycles. The van der Waals surface area contributed by atoms with E-state index < -0.39 is 0 Å². The molecule has 1 aliphatic heterocycles. The Kier molecular flexibility index (Phi) is 6.95. The van der Waals surface area contributed by atoms with Crippen molar-refractivity contribution in [2.45, 2.75) is 64.9 Å². The van der Waals surface area contributed by atoms with Crippen molar-refractivity contribution in [3.8, 4) is 11.5 Å². The summed E-state index contributed by atoms with van der Waals surface area (Å²) in [5.41, 5.74) is 5.30. The third kappa shape index (κ3) is 4.45. The predicted octanol–water partition coefficient (Wildman–Crippen LogP) is 6.24. The quantitative estimate of drug-likeness (QED) is 0.461. The van der Waals surface area contributed by atoms with Gasteiger partial charge in [-0.3, -0.25) is 9.59 Å². The number of ether oxygens (including phenoxy) is 2. The second-order valence-corrected chi connectivity index (χ2v) is 9.51. The van der Waals surface area contributed by atoms with Crippen LogP contribution in [0.5, 0.6) is 11.5 Å². The van der Waals surface area contributed by atoms with Crippen molar-refractivity contribution in [2.24, 2.45) is 0 Å². The van der Waals surface area contributed by atoms with Crippen molar-refractivity contribution in [3.63, 3.8) is 0 Å². The summed E-state index contributed by atoms with van der Waals surface area (Å²) in [6, 6.07) is 12.0. The number of nitrogens with zero attached hydrogens (tertiary/aromatic N) is 1. The molecule has 0 unspecified atom stereocenters. The maximum atomic E-state index is 13.6. The first-order chi connectivity index (χ1) is 17.5. The number of allylic oxidation sites excluding steroid dienone is 4. The molecule has 5 nitrogen and oxygen atoms in total. The average molecular weight is 490 g/mol. The van der Waals surface area contributed by atoms with Gasteiger partial charge in [0.1, 0.15) is 12.4 Å². The molecule has 0 spiro atoms. The van der Waals surface area contributed by atoms with E-state index in [1.165, 1.54) is 12.1 Å². The van der Waals surface area contributed by atoms with Gasteiger partial charge in [-0.05, 0) is 74.9 Å². The third-order valence-corrected chi connectivity index (χ3v) is 7.29. The van der Waals surface area contributed by atoms with Gasteiger partial charge in [0, 0.05) is 47.8 Å². The lowest BCUT2D eigenvalue weighted by atomic mass is 9.71. The van der Waals surface area contributed by atoms with Gasteiger partial charge in [0.05, 0.1) is 6.61 Å². The highest BCUT2D eigenvalue weighted by molar-refractivity contribution is 6.06. The van der Waals surface area contributed by atoms with Crippen LogP contribution < -0.4 is 9.47 Å². The van der Waals surface area contributed by atoms with Crippen LogP contribution in [0.2, 0.25) is 0 Å². The van der Waals surface area contributed by atoms with Gasteiger partial charge in [0.25, 0.3) is 0 Å². The first kappa shape index (κ1) is 24.3. The topological polar surface area (TPSA) is 55.8 Å². The zero-order chi connectivity index (χ0) is 25.2. The smallest absolute Gasteiger partial charge is 0.161 e. The fraction of sp³-hybridized carbons (Fsp3) is 0.400. The molecule has 0 amide bonds. The van der Waals surface area contributed by atoms with Crippen LogP contribution in [0.25, 0.3) is 0 Å². The first-order valence-corrected chi connectivity index (χ1v) is 13.0. The highest BCUT2D eigenvalue weighted by Crippen LogP contribution is 2.50. The molecule has 2 aromatic rings. The normalized spacial score (nSPS) is 18.4. The van der Waals surface area contributed by atoms with Crippen LogP contribution in [0.15, 0.2) is 65.0 Å². The molecule has 5 rings (SSSR count). The Morgan fingerprint density at radius 1 is 0.861 bits per heavy atom. The molecule has 6 heteroatoms. The molecule has 188 valence electrons. The first-order valence-electron chi connectivity index (χ1n) is 13.0. The van der Waals surface area contributed by atoms with Crippen LogP contribution in [0, 0.1) is 5.82 Å². The summed E-state index contributed by atoms with van der Waals surface area (Å²) in [5, 5.41) is 0. The van der Waals surface area contributed by atoms with Crippen LogP contribution in [-0.4, -0.2) is 29.6 Å². The Balaban J connectivity index is 1.56. The van der Waals surface area contributed by atoms with Crippen molar-refractivity contribution >= 4 is 11.6 Å². The van der Waals surface area contributed by atoms with E-state index in [0.29, 0.717) is 30.9 Å². The summed E-state index contributed by atoms with van der Waals surface area (Å²) in [4.78, 5) is 28.9. The van der Waals surface area contributed by atoms with Crippen LogP contribution >= 0.6 is 0 Å². The van der Waals surface area contributed by atoms with Crippen molar-refractivity contribution in [3.05, 3.63) is 81.9 Å². The zero-order valence-corrected chi connectivity index (χ0v) is 20.9. The van der Waals surface area contributed by atoms with Crippen molar-refractivity contribution < 1.29 is 23.5 Å². The summed E-state index contributed by atoms with van der Waals surface area (Å²) in [6.45, 7) is 5.38. The van der Waals surface area contributed by atoms with Gasteiger partial charge in [-0.1, -0.05) is 18.2 Å². The number of carbonyl (C=O) groups excluding carboxylic acids is 2. The average Bonchev–Trinajstić information content (AvgIpc) is 2.87. The molecule has 0 fully saturated rings. The van der Waals surface area contributed by atoms with Crippen LogP contribution in [-0.2, 0) is 16.2 Å². The minimum atomic E-state index is -0.380. The standard InChI is InChI=1S/C30H32FNO4/c1-3-32-22-10-6-12-24(33)29(22)28(30-23(32)11-7-13-25(30)34)20-14-15-26(27(17-20)35-4-2)36-18-19-8-5-9-21(31)16-19/h5,8-9,14-17,28H,3-4,6-7,10-13,18H2,1-2H3. The third-order valence-electron chi connectivity index (χ3n) is 7.29. The van der Waals surface area contributed by atoms with Gasteiger partial charge in [0.15, 0.2) is 23.1 Å². The molecule has 0 atom stereocenters. The second kappa shape index (κ2) is 10.3. The molecule has 3 aliphatic rings. The zero-order valence-electron chi connectivity index (χ0n) is 20.9. The molecule has 1 heterocycles. The van der Waals surface area contributed by atoms with Gasteiger partial charge in [-0.25, -0.2) is 4.39 Å². The van der Waals surface area contributed by atoms with E-state index >= 15 is 0 Å². The Morgan fingerprint density at radius 3 is 2.17 bits per heavy atom. The fourth-order valence-corrected chi connectivity index (χ4v) is 5.81. The molecule has 0 bridgehead atoms. The Morgan fingerprint density at radius 2 is 1.56 bits per heavy atom. The van der Waals surface area contributed by atoms with E-state index in [1.54, 1.807) is 6.07 Å². The summed E-state index contributed by atoms with van der Waals surface area (Å²) >= 11 is 0. The van der Waals surface area contributed by atoms with Gasteiger partial charge >= 0.3 is 0 Å². The summed E-state index contributed by atoms with van der Waals surface area (Å²) in [7, 11) is 0. The number of carbonyl (C=O) groups is 2. The maximum Gasteiger partial charge on any atom is 0.161 e. The predicted molar refractivity (Wildman–Crippen MR) is 135 cm³/mol. The Hall–Kier alpha value is -3.41. The fourth-order valence-electron chi connectivity index (χ4n) is 5.81. The van der Waals surface area contributed by atoms with E-state index in [1.807, 2.05) is 31.2 Å². The van der Waals surface area contributed by atoms with Gasteiger partial charge in [-0.15, -0.1) is 0 Å². The minimum Gasteiger partial charge on any atom is -0.490 e. The number of halogens is 1. The van der Waals surface area contributed by atoms with Crippen molar-refractivity contribution in [1.82, 2.24) is 4.90 Å². The molecule has 0 radical (unpaired) electrons. The number of hydrogen-bond acceptors (Lipinski definition) is 5. The van der Waals surface area contributed by atoms with E-state index in [9.17, 15) is 14.0 Å². The number of ketones is 2. The van der Waals surface area contributed by atoms with Crippen LogP contribution in [0.1, 0.15) is 69.4 Å². The van der Waals surface area contributed by atoms with Crippen molar-refractivity contribution in [1.29, 1.82) is 0 Å². The summed E-state index contributed by atoms with van der Waals surface area (Å²) < 4.78 is 25.5. The summed E-state index contributed by atoms with van der Waals surface area (Å²) in [5.74, 6) is 0.680. The van der Waals surface area contributed by atoms with Gasteiger partial charge in [0.2, 0.25) is 0 Å². The Bertz CT molecular complexity index is 1220. The lowest BCUT2D eigenvalue weighted by Gasteiger charge is -2.43. The van der Waals surface area contributed by atoms with Crippen LogP contribution in [0.3, 0.4) is 0 Å². The van der Waals surface area contributed by atoms with Crippen LogP contribution in [0.4, 0.5) is 4.39 Å². The molecule has 2 aliphatic carbocycles. The number of rotatable bonds is 7. The number of Topliss-reactive ketones (excluding diaryl/α,β-unsaturated/α-hetero) is 2. The van der Waals surface area contributed by atoms with Gasteiger partial charge in [-0.2, -0.15) is 0 Å². The monoisotopic (exact) mass is 489 g/mol. The molecule has 0 N–H and O–H groups in total. The molecule has 0 saturated heterocycles. The molecule has 36 heavy (non-hydrogen) atoms. The molecular formula is C30H32FNO4. The largest absolute Gasteiger partial charge is 0.490 e. The Labute approximate surface area is 211 Å². The lowest BCUT2D eigenvalue weighted by Crippen LogP contribution is -2.39. The minimum absolute atomic E-state index is 0.133. The summed E-state index contributed by atoms with van der Waals surface area (Å²) in [6.07, 6.45) is 4.41. The van der Waals surface area contributed by atoms with E-state index in [-0.39, 0.29) is 29.9 Å². The van der Waals surface area contributed by atoms with Crippen molar-refractivity contribution in [2.75, 3.05) is 13.2 Å². The molecule has 0 saturated carbocycles. The lowest BCUT2D eigenvalue weighted by molar-refractivity contribution is -0.117. The highest BCUT2D eigenvalue weighted by atomic mass is 19.1. The van der Waals surface area contributed by atoms with E-state index in [4.69, 9.17) is 9.47 Å². The van der Waals surface area contributed by atoms with Gasteiger partial charge < -0.3 is 14.4 Å². The maximum absolute atomic E-state index is 13.6. The second-order valence-electron chi connectivity index (χ2n) is 9.51. The number of hydrogen-bond donors (Lipinski definition) is 0. The number of benzene rings is 2. The highest BCUT2D eigenvalue weighted by Gasteiger charge is 2.43.